The molecule has 9 nitrogen and oxygen atoms in total. The fourth-order valence-electron chi connectivity index (χ4n) is 1.46. The van der Waals surface area contributed by atoms with Crippen LogP contribution in [-0.2, 0) is 28.7 Å². The summed E-state index contributed by atoms with van der Waals surface area (Å²) < 4.78 is 9.79. The van der Waals surface area contributed by atoms with Crippen LogP contribution in [0.25, 0.3) is 0 Å². The van der Waals surface area contributed by atoms with Gasteiger partial charge in [0.2, 0.25) is 5.91 Å². The molecule has 23 heavy (non-hydrogen) atoms. The monoisotopic (exact) mass is 332 g/mol. The SMILES string of the molecule is CCC(C(=O)ONC(=O)OC(C)(C)C)C(=O)OC(C)NC(C)=O. The maximum Gasteiger partial charge on any atom is 0.441 e. The largest absolute Gasteiger partial charge is 0.442 e. The number of carbonyl (C=O) groups is 4. The predicted octanol–water partition coefficient (Wildman–Crippen LogP) is 1.02. The third-order valence-corrected chi connectivity index (χ3v) is 2.31. The summed E-state index contributed by atoms with van der Waals surface area (Å²) in [5, 5.41) is 2.34. The molecule has 0 aliphatic carbocycles. The molecule has 0 saturated heterocycles. The zero-order valence-electron chi connectivity index (χ0n) is 14.2. The molecule has 0 radical (unpaired) electrons. The minimum absolute atomic E-state index is 0.0977. The maximum atomic E-state index is 11.9. The van der Waals surface area contributed by atoms with Crippen LogP contribution in [0, 0.1) is 5.92 Å². The minimum atomic E-state index is -1.24. The number of nitrogens with one attached hydrogen (secondary N) is 2. The standard InChI is InChI=1S/C14H24N2O7/c1-7-10(11(18)21-9(3)15-8(2)17)12(19)23-16-13(20)22-14(4,5)6/h9-10H,7H2,1-6H3,(H,15,17)(H,16,20). The van der Waals surface area contributed by atoms with E-state index in [-0.39, 0.29) is 12.3 Å². The number of carbonyl (C=O) groups excluding carboxylic acids is 4. The highest BCUT2D eigenvalue weighted by molar-refractivity contribution is 5.95. The Balaban J connectivity index is 4.48. The van der Waals surface area contributed by atoms with Crippen LogP contribution in [-0.4, -0.2) is 35.8 Å². The molecule has 0 rings (SSSR count). The lowest BCUT2D eigenvalue weighted by Gasteiger charge is -2.20. The van der Waals surface area contributed by atoms with E-state index >= 15 is 0 Å². The summed E-state index contributed by atoms with van der Waals surface area (Å²) in [7, 11) is 0. The molecule has 0 aliphatic heterocycles. The van der Waals surface area contributed by atoms with E-state index in [0.29, 0.717) is 0 Å². The number of hydrogen-bond acceptors (Lipinski definition) is 7. The van der Waals surface area contributed by atoms with Crippen LogP contribution in [0.15, 0.2) is 0 Å². The Bertz CT molecular complexity index is 457. The third kappa shape index (κ3) is 9.33. The highest BCUT2D eigenvalue weighted by Crippen LogP contribution is 2.10. The Morgan fingerprint density at radius 2 is 1.65 bits per heavy atom. The van der Waals surface area contributed by atoms with Crippen molar-refractivity contribution < 1.29 is 33.5 Å². The Morgan fingerprint density at radius 1 is 1.09 bits per heavy atom. The van der Waals surface area contributed by atoms with Crippen LogP contribution >= 0.6 is 0 Å². The molecular formula is C14H24N2O7. The first-order chi connectivity index (χ1) is 10.5. The van der Waals surface area contributed by atoms with Crippen molar-refractivity contribution in [3.8, 4) is 0 Å². The van der Waals surface area contributed by atoms with Gasteiger partial charge in [0.25, 0.3) is 0 Å². The fourth-order valence-corrected chi connectivity index (χ4v) is 1.46. The van der Waals surface area contributed by atoms with Crippen molar-refractivity contribution in [2.24, 2.45) is 5.92 Å². The van der Waals surface area contributed by atoms with Gasteiger partial charge in [-0.1, -0.05) is 6.92 Å². The molecule has 2 N–H and O–H groups in total. The molecule has 132 valence electrons. The van der Waals surface area contributed by atoms with Crippen LogP contribution in [0.3, 0.4) is 0 Å². The summed E-state index contributed by atoms with van der Waals surface area (Å²) in [5.74, 6) is -3.48. The maximum absolute atomic E-state index is 11.9. The molecule has 0 aromatic rings. The van der Waals surface area contributed by atoms with Crippen LogP contribution in [0.5, 0.6) is 0 Å². The topological polar surface area (TPSA) is 120 Å². The first-order valence-corrected chi connectivity index (χ1v) is 7.13. The number of esters is 1. The van der Waals surface area contributed by atoms with Gasteiger partial charge in [0.15, 0.2) is 12.1 Å². The van der Waals surface area contributed by atoms with E-state index in [2.05, 4.69) is 10.2 Å². The van der Waals surface area contributed by atoms with Crippen molar-refractivity contribution in [2.45, 2.75) is 59.8 Å². The smallest absolute Gasteiger partial charge is 0.441 e. The van der Waals surface area contributed by atoms with Crippen molar-refractivity contribution in [2.75, 3.05) is 0 Å². The first-order valence-electron chi connectivity index (χ1n) is 7.13. The lowest BCUT2D eigenvalue weighted by atomic mass is 10.1. The van der Waals surface area contributed by atoms with Gasteiger partial charge in [0, 0.05) is 6.92 Å². The summed E-state index contributed by atoms with van der Waals surface area (Å²) in [6.45, 7) is 9.21. The molecule has 0 aliphatic rings. The van der Waals surface area contributed by atoms with E-state index in [1.165, 1.54) is 13.8 Å². The second-order valence-corrected chi connectivity index (χ2v) is 5.77. The molecule has 0 saturated carbocycles. The molecule has 2 atom stereocenters. The van der Waals surface area contributed by atoms with Crippen molar-refractivity contribution in [1.82, 2.24) is 10.8 Å². The zero-order chi connectivity index (χ0) is 18.2. The van der Waals surface area contributed by atoms with Crippen molar-refractivity contribution >= 4 is 23.9 Å². The van der Waals surface area contributed by atoms with E-state index in [0.717, 1.165) is 0 Å². The number of rotatable bonds is 5. The van der Waals surface area contributed by atoms with Crippen molar-refractivity contribution in [1.29, 1.82) is 0 Å². The number of hydrogen-bond donors (Lipinski definition) is 2. The average molecular weight is 332 g/mol. The van der Waals surface area contributed by atoms with Gasteiger partial charge >= 0.3 is 18.0 Å². The van der Waals surface area contributed by atoms with E-state index in [1.54, 1.807) is 33.2 Å². The number of ether oxygens (including phenoxy) is 2. The molecule has 0 heterocycles. The van der Waals surface area contributed by atoms with E-state index < -0.39 is 35.8 Å². The first kappa shape index (κ1) is 20.7. The number of hydroxylamine groups is 1. The molecule has 9 heteroatoms. The Morgan fingerprint density at radius 3 is 2.09 bits per heavy atom. The molecular weight excluding hydrogens is 308 g/mol. The van der Waals surface area contributed by atoms with Gasteiger partial charge < -0.3 is 19.6 Å². The van der Waals surface area contributed by atoms with Crippen LogP contribution in [0.1, 0.15) is 48.0 Å². The van der Waals surface area contributed by atoms with Gasteiger partial charge in [-0.2, -0.15) is 0 Å². The van der Waals surface area contributed by atoms with Crippen LogP contribution in [0.2, 0.25) is 0 Å². The summed E-state index contributed by atoms with van der Waals surface area (Å²) in [6, 6.07) is 0. The normalized spacial score (nSPS) is 13.3. The zero-order valence-corrected chi connectivity index (χ0v) is 14.2. The van der Waals surface area contributed by atoms with Gasteiger partial charge in [0.1, 0.15) is 5.60 Å². The quantitative estimate of drug-likeness (QED) is 0.253. The highest BCUT2D eigenvalue weighted by Gasteiger charge is 2.30. The molecule has 0 spiro atoms. The van der Waals surface area contributed by atoms with Crippen molar-refractivity contribution in [3.63, 3.8) is 0 Å². The van der Waals surface area contributed by atoms with Gasteiger partial charge in [-0.05, 0) is 34.1 Å². The van der Waals surface area contributed by atoms with Crippen LogP contribution in [0.4, 0.5) is 4.79 Å². The molecule has 0 aromatic heterocycles. The average Bonchev–Trinajstić information content (AvgIpc) is 2.33. The van der Waals surface area contributed by atoms with E-state index in [1.807, 2.05) is 0 Å². The summed E-state index contributed by atoms with van der Waals surface area (Å²) in [5.41, 5.74) is 1.05. The van der Waals surface area contributed by atoms with E-state index in [9.17, 15) is 19.2 Å². The summed E-state index contributed by atoms with van der Waals surface area (Å²) >= 11 is 0. The summed E-state index contributed by atoms with van der Waals surface area (Å²) in [6.07, 6.45) is -1.75. The molecule has 0 bridgehead atoms. The minimum Gasteiger partial charge on any atom is -0.442 e. The van der Waals surface area contributed by atoms with E-state index in [4.69, 9.17) is 9.47 Å². The third-order valence-electron chi connectivity index (χ3n) is 2.31. The lowest BCUT2D eigenvalue weighted by molar-refractivity contribution is -0.169. The lowest BCUT2D eigenvalue weighted by Crippen LogP contribution is -2.40. The van der Waals surface area contributed by atoms with Gasteiger partial charge in [-0.25, -0.2) is 9.59 Å². The second kappa shape index (κ2) is 8.96. The molecule has 2 unspecified atom stereocenters. The van der Waals surface area contributed by atoms with Crippen LogP contribution < -0.4 is 10.8 Å². The number of amides is 2. The Kier molecular flexibility index (Phi) is 8.06. The summed E-state index contributed by atoms with van der Waals surface area (Å²) in [4.78, 5) is 50.4. The Hall–Kier alpha value is -2.32. The molecule has 0 fully saturated rings. The van der Waals surface area contributed by atoms with Gasteiger partial charge in [-0.3, -0.25) is 9.59 Å². The van der Waals surface area contributed by atoms with Crippen molar-refractivity contribution in [3.05, 3.63) is 0 Å². The molecule has 0 aromatic carbocycles. The molecule has 2 amide bonds. The predicted molar refractivity (Wildman–Crippen MR) is 78.6 cm³/mol. The van der Waals surface area contributed by atoms with Gasteiger partial charge in [0.05, 0.1) is 0 Å². The second-order valence-electron chi connectivity index (χ2n) is 5.77. The highest BCUT2D eigenvalue weighted by atomic mass is 16.7. The van der Waals surface area contributed by atoms with Gasteiger partial charge in [-0.15, -0.1) is 5.48 Å². The Labute approximate surface area is 135 Å². The fraction of sp³-hybridized carbons (Fsp3) is 0.714.